The van der Waals surface area contributed by atoms with Gasteiger partial charge in [0.05, 0.1) is 11.8 Å². The quantitative estimate of drug-likeness (QED) is 0.572. The molecule has 0 saturated heterocycles. The predicted molar refractivity (Wildman–Crippen MR) is 112 cm³/mol. The van der Waals surface area contributed by atoms with Crippen LogP contribution in [0.15, 0.2) is 84.0 Å². The Morgan fingerprint density at radius 3 is 2.46 bits per heavy atom. The molecule has 138 valence electrons. The van der Waals surface area contributed by atoms with Gasteiger partial charge in [-0.15, -0.1) is 0 Å². The van der Waals surface area contributed by atoms with Crippen molar-refractivity contribution in [3.63, 3.8) is 0 Å². The second kappa shape index (κ2) is 6.92. The van der Waals surface area contributed by atoms with Gasteiger partial charge in [-0.25, -0.2) is 5.01 Å². The van der Waals surface area contributed by atoms with Gasteiger partial charge in [-0.2, -0.15) is 5.10 Å². The van der Waals surface area contributed by atoms with Crippen LogP contribution >= 0.6 is 11.6 Å². The van der Waals surface area contributed by atoms with E-state index in [0.717, 1.165) is 29.7 Å². The molecule has 0 radical (unpaired) electrons. The van der Waals surface area contributed by atoms with Crippen LogP contribution in [0.5, 0.6) is 0 Å². The fraction of sp³-hybridized carbons (Fsp3) is 0.167. The summed E-state index contributed by atoms with van der Waals surface area (Å²) in [5, 5.41) is 7.19. The summed E-state index contributed by atoms with van der Waals surface area (Å²) in [7, 11) is 0. The zero-order valence-corrected chi connectivity index (χ0v) is 16.0. The Morgan fingerprint density at radius 2 is 1.64 bits per heavy atom. The lowest BCUT2D eigenvalue weighted by molar-refractivity contribution is 0.0682. The van der Waals surface area contributed by atoms with Crippen LogP contribution in [0, 0.1) is 5.92 Å². The third-order valence-electron chi connectivity index (χ3n) is 5.68. The van der Waals surface area contributed by atoms with Gasteiger partial charge < -0.3 is 0 Å². The summed E-state index contributed by atoms with van der Waals surface area (Å²) in [5.74, 6) is 0.0485. The Kier molecular flexibility index (Phi) is 4.25. The fourth-order valence-electron chi connectivity index (χ4n) is 4.37. The minimum Gasteiger partial charge on any atom is -0.267 e. The van der Waals surface area contributed by atoms with Gasteiger partial charge in [0.1, 0.15) is 0 Å². The molecule has 0 bridgehead atoms. The molecule has 28 heavy (non-hydrogen) atoms. The Hall–Kier alpha value is -2.91. The Balaban J connectivity index is 1.65. The first kappa shape index (κ1) is 17.2. The molecule has 0 fully saturated rings. The van der Waals surface area contributed by atoms with Gasteiger partial charge in [-0.1, -0.05) is 72.3 Å². The summed E-state index contributed by atoms with van der Waals surface area (Å²) in [6.07, 6.45) is 1.93. The van der Waals surface area contributed by atoms with E-state index in [1.165, 1.54) is 5.56 Å². The lowest BCUT2D eigenvalue weighted by Crippen LogP contribution is -2.32. The topological polar surface area (TPSA) is 32.7 Å². The van der Waals surface area contributed by atoms with E-state index in [4.69, 9.17) is 16.7 Å². The van der Waals surface area contributed by atoms with Crippen LogP contribution in [0.3, 0.4) is 0 Å². The van der Waals surface area contributed by atoms with Crippen molar-refractivity contribution in [2.24, 2.45) is 11.0 Å². The van der Waals surface area contributed by atoms with Crippen molar-refractivity contribution >= 4 is 23.2 Å². The Bertz CT molecular complexity index is 1080. The molecular formula is C24H19ClN2O. The summed E-state index contributed by atoms with van der Waals surface area (Å²) in [6.45, 7) is 0. The molecule has 0 aromatic heterocycles. The lowest BCUT2D eigenvalue weighted by Gasteiger charge is -2.30. The van der Waals surface area contributed by atoms with Crippen LogP contribution in [0.25, 0.3) is 0 Å². The highest BCUT2D eigenvalue weighted by Gasteiger charge is 2.44. The molecular weight excluding hydrogens is 368 g/mol. The number of nitrogens with zero attached hydrogens (tertiary/aromatic N) is 2. The van der Waals surface area contributed by atoms with E-state index >= 15 is 0 Å². The van der Waals surface area contributed by atoms with Gasteiger partial charge in [-0.05, 0) is 42.2 Å². The van der Waals surface area contributed by atoms with Crippen LogP contribution in [0.1, 0.15) is 39.5 Å². The van der Waals surface area contributed by atoms with E-state index < -0.39 is 0 Å². The molecule has 1 aliphatic heterocycles. The van der Waals surface area contributed by atoms with E-state index in [-0.39, 0.29) is 17.9 Å². The van der Waals surface area contributed by atoms with Crippen molar-refractivity contribution in [1.29, 1.82) is 0 Å². The molecule has 3 nitrogen and oxygen atoms in total. The van der Waals surface area contributed by atoms with Gasteiger partial charge in [0.15, 0.2) is 0 Å². The number of fused-ring (bicyclic) bond motifs is 3. The molecule has 0 N–H and O–H groups in total. The number of carbonyl (C=O) groups is 1. The summed E-state index contributed by atoms with van der Waals surface area (Å²) >= 11 is 6.56. The number of halogens is 1. The van der Waals surface area contributed by atoms with Crippen molar-refractivity contribution < 1.29 is 4.79 Å². The second-order valence-electron chi connectivity index (χ2n) is 7.27. The number of rotatable bonds is 2. The first-order chi connectivity index (χ1) is 13.7. The van der Waals surface area contributed by atoms with Crippen LogP contribution in [0.4, 0.5) is 0 Å². The number of benzene rings is 3. The van der Waals surface area contributed by atoms with Gasteiger partial charge in [-0.3, -0.25) is 4.79 Å². The van der Waals surface area contributed by atoms with Gasteiger partial charge in [0.2, 0.25) is 0 Å². The molecule has 2 unspecified atom stereocenters. The van der Waals surface area contributed by atoms with Crippen LogP contribution in [-0.2, 0) is 6.42 Å². The number of amides is 1. The molecule has 0 saturated carbocycles. The maximum Gasteiger partial charge on any atom is 0.274 e. The van der Waals surface area contributed by atoms with Crippen molar-refractivity contribution in [2.75, 3.05) is 0 Å². The summed E-state index contributed by atoms with van der Waals surface area (Å²) in [4.78, 5) is 13.4. The van der Waals surface area contributed by atoms with Crippen LogP contribution < -0.4 is 0 Å². The number of carbonyl (C=O) groups excluding carboxylic acids is 1. The standard InChI is InChI=1S/C24H19ClN2O/c25-21-13-7-6-12-19(21)23-20-15-14-16-8-4-5-11-18(16)22(20)26-27(23)24(28)17-9-2-1-3-10-17/h1-13,20,23H,14-15H2. The maximum absolute atomic E-state index is 13.4. The van der Waals surface area contributed by atoms with Crippen LogP contribution in [-0.4, -0.2) is 16.6 Å². The Morgan fingerprint density at radius 1 is 0.929 bits per heavy atom. The minimum atomic E-state index is -0.190. The van der Waals surface area contributed by atoms with Crippen LogP contribution in [0.2, 0.25) is 5.02 Å². The molecule has 2 aliphatic rings. The maximum atomic E-state index is 13.4. The molecule has 0 spiro atoms. The normalized spacial score (nSPS) is 20.3. The fourth-order valence-corrected chi connectivity index (χ4v) is 4.62. The van der Waals surface area contributed by atoms with Crippen molar-refractivity contribution in [3.05, 3.63) is 106 Å². The van der Waals surface area contributed by atoms with Crippen molar-refractivity contribution in [2.45, 2.75) is 18.9 Å². The third-order valence-corrected chi connectivity index (χ3v) is 6.03. The predicted octanol–water partition coefficient (Wildman–Crippen LogP) is 5.50. The largest absolute Gasteiger partial charge is 0.274 e. The molecule has 1 aliphatic carbocycles. The minimum absolute atomic E-state index is 0.0927. The van der Waals surface area contributed by atoms with Crippen molar-refractivity contribution in [1.82, 2.24) is 5.01 Å². The number of aryl methyl sites for hydroxylation is 1. The molecule has 5 rings (SSSR count). The van der Waals surface area contributed by atoms with E-state index in [2.05, 4.69) is 18.2 Å². The zero-order chi connectivity index (χ0) is 19.1. The number of hydrogen-bond donors (Lipinski definition) is 0. The van der Waals surface area contributed by atoms with E-state index in [1.54, 1.807) is 5.01 Å². The summed E-state index contributed by atoms with van der Waals surface area (Å²) in [6, 6.07) is 25.3. The molecule has 3 aromatic carbocycles. The van der Waals surface area contributed by atoms with Crippen molar-refractivity contribution in [3.8, 4) is 0 Å². The summed E-state index contributed by atoms with van der Waals surface area (Å²) in [5.41, 5.74) is 5.03. The average molecular weight is 387 g/mol. The third kappa shape index (κ3) is 2.74. The molecule has 4 heteroatoms. The van der Waals surface area contributed by atoms with Gasteiger partial charge in [0, 0.05) is 22.1 Å². The Labute approximate surface area is 169 Å². The molecule has 2 atom stereocenters. The SMILES string of the molecule is O=C(c1ccccc1)N1N=C2c3ccccc3CCC2C1c1ccccc1Cl. The number of hydrazone groups is 1. The van der Waals surface area contributed by atoms with E-state index in [1.807, 2.05) is 60.7 Å². The first-order valence-corrected chi connectivity index (χ1v) is 9.91. The van der Waals surface area contributed by atoms with Gasteiger partial charge in [0.25, 0.3) is 5.91 Å². The molecule has 1 heterocycles. The second-order valence-corrected chi connectivity index (χ2v) is 7.68. The highest BCUT2D eigenvalue weighted by molar-refractivity contribution is 6.31. The van der Waals surface area contributed by atoms with E-state index in [9.17, 15) is 4.79 Å². The monoisotopic (exact) mass is 386 g/mol. The highest BCUT2D eigenvalue weighted by Crippen LogP contribution is 2.45. The summed E-state index contributed by atoms with van der Waals surface area (Å²) < 4.78 is 0. The lowest BCUT2D eigenvalue weighted by atomic mass is 9.77. The number of hydrogen-bond acceptors (Lipinski definition) is 2. The van der Waals surface area contributed by atoms with Gasteiger partial charge >= 0.3 is 0 Å². The molecule has 3 aromatic rings. The first-order valence-electron chi connectivity index (χ1n) is 9.54. The zero-order valence-electron chi connectivity index (χ0n) is 15.3. The average Bonchev–Trinajstić information content (AvgIpc) is 3.14. The highest BCUT2D eigenvalue weighted by atomic mass is 35.5. The molecule has 1 amide bonds. The van der Waals surface area contributed by atoms with E-state index in [0.29, 0.717) is 10.6 Å². The smallest absolute Gasteiger partial charge is 0.267 e.